The number of nitrogen functional groups attached to an aromatic ring is 1. The van der Waals surface area contributed by atoms with E-state index in [0.717, 1.165) is 0 Å². The Morgan fingerprint density at radius 1 is 1.24 bits per heavy atom. The third kappa shape index (κ3) is 3.36. The molecular formula is C14H15N5O2. The third-order valence-corrected chi connectivity index (χ3v) is 2.54. The first kappa shape index (κ1) is 14.5. The predicted octanol–water partition coefficient (Wildman–Crippen LogP) is 1.79. The average Bonchev–Trinajstić information content (AvgIpc) is 2.45. The molecule has 1 aromatic heterocycles. The van der Waals surface area contributed by atoms with Crippen LogP contribution in [0.3, 0.4) is 0 Å². The van der Waals surface area contributed by atoms with Crippen molar-refractivity contribution in [2.45, 2.75) is 20.0 Å². The van der Waals surface area contributed by atoms with E-state index in [4.69, 9.17) is 20.5 Å². The molecule has 0 aliphatic rings. The Balaban J connectivity index is 2.55. The first-order valence-corrected chi connectivity index (χ1v) is 6.30. The quantitative estimate of drug-likeness (QED) is 0.912. The zero-order valence-electron chi connectivity index (χ0n) is 12.0. The normalized spacial score (nSPS) is 10.2. The smallest absolute Gasteiger partial charge is 0.322 e. The zero-order chi connectivity index (χ0) is 15.4. The van der Waals surface area contributed by atoms with Crippen LogP contribution in [0.4, 0.5) is 5.95 Å². The summed E-state index contributed by atoms with van der Waals surface area (Å²) < 4.78 is 10.7. The number of nitrogens with two attached hydrogens (primary N) is 1. The predicted molar refractivity (Wildman–Crippen MR) is 76.7 cm³/mol. The van der Waals surface area contributed by atoms with Gasteiger partial charge in [0.25, 0.3) is 0 Å². The lowest BCUT2D eigenvalue weighted by Crippen LogP contribution is -2.11. The van der Waals surface area contributed by atoms with Crippen molar-refractivity contribution in [3.63, 3.8) is 0 Å². The van der Waals surface area contributed by atoms with Crippen LogP contribution in [0, 0.1) is 11.3 Å². The van der Waals surface area contributed by atoms with Gasteiger partial charge in [0.15, 0.2) is 5.82 Å². The van der Waals surface area contributed by atoms with E-state index in [9.17, 15) is 0 Å². The molecule has 7 nitrogen and oxygen atoms in total. The van der Waals surface area contributed by atoms with Gasteiger partial charge in [-0.3, -0.25) is 0 Å². The van der Waals surface area contributed by atoms with Crippen molar-refractivity contribution in [3.8, 4) is 29.2 Å². The zero-order valence-corrected chi connectivity index (χ0v) is 12.0. The first-order valence-electron chi connectivity index (χ1n) is 6.30. The summed E-state index contributed by atoms with van der Waals surface area (Å²) in [5, 5.41) is 9.01. The van der Waals surface area contributed by atoms with Crippen LogP contribution in [0.2, 0.25) is 0 Å². The third-order valence-electron chi connectivity index (χ3n) is 2.54. The number of nitrogens with zero attached hydrogens (tertiary/aromatic N) is 4. The van der Waals surface area contributed by atoms with Crippen molar-refractivity contribution >= 4 is 5.95 Å². The molecule has 0 spiro atoms. The molecule has 1 heterocycles. The molecule has 0 aliphatic heterocycles. The van der Waals surface area contributed by atoms with E-state index in [-0.39, 0.29) is 18.1 Å². The van der Waals surface area contributed by atoms with E-state index in [1.165, 1.54) is 7.11 Å². The van der Waals surface area contributed by atoms with Crippen LogP contribution in [0.25, 0.3) is 11.4 Å². The summed E-state index contributed by atoms with van der Waals surface area (Å²) in [5.74, 6) is 0.877. The molecule has 21 heavy (non-hydrogen) atoms. The largest absolute Gasteiger partial charge is 0.496 e. The van der Waals surface area contributed by atoms with E-state index >= 15 is 0 Å². The van der Waals surface area contributed by atoms with Crippen molar-refractivity contribution < 1.29 is 9.47 Å². The molecule has 0 unspecified atom stereocenters. The number of methoxy groups -OCH3 is 1. The molecule has 2 rings (SSSR count). The van der Waals surface area contributed by atoms with Crippen molar-refractivity contribution in [2.24, 2.45) is 0 Å². The van der Waals surface area contributed by atoms with Crippen molar-refractivity contribution in [2.75, 3.05) is 12.8 Å². The summed E-state index contributed by atoms with van der Waals surface area (Å²) in [6.07, 6.45) is -0.0908. The van der Waals surface area contributed by atoms with Crippen LogP contribution >= 0.6 is 0 Å². The van der Waals surface area contributed by atoms with Gasteiger partial charge in [0.1, 0.15) is 5.75 Å². The fourth-order valence-corrected chi connectivity index (χ4v) is 1.71. The fraction of sp³-hybridized carbons (Fsp3) is 0.286. The van der Waals surface area contributed by atoms with Gasteiger partial charge in [-0.1, -0.05) is 0 Å². The van der Waals surface area contributed by atoms with E-state index in [1.54, 1.807) is 18.2 Å². The summed E-state index contributed by atoms with van der Waals surface area (Å²) in [4.78, 5) is 12.2. The highest BCUT2D eigenvalue weighted by Crippen LogP contribution is 2.29. The molecule has 2 N–H and O–H groups in total. The highest BCUT2D eigenvalue weighted by Gasteiger charge is 2.14. The summed E-state index contributed by atoms with van der Waals surface area (Å²) in [6, 6.07) is 7.16. The number of hydrogen-bond donors (Lipinski definition) is 1. The Hall–Kier alpha value is -2.88. The summed E-state index contributed by atoms with van der Waals surface area (Å²) in [7, 11) is 1.53. The number of ether oxygens (including phenoxy) is 2. The Kier molecular flexibility index (Phi) is 4.18. The molecule has 0 saturated carbocycles. The number of anilines is 1. The van der Waals surface area contributed by atoms with Gasteiger partial charge in [0.2, 0.25) is 5.95 Å². The van der Waals surface area contributed by atoms with Crippen LogP contribution < -0.4 is 15.2 Å². The molecule has 0 fully saturated rings. The van der Waals surface area contributed by atoms with Gasteiger partial charge in [-0.25, -0.2) is 0 Å². The Morgan fingerprint density at radius 3 is 2.62 bits per heavy atom. The van der Waals surface area contributed by atoms with E-state index in [2.05, 4.69) is 21.0 Å². The van der Waals surface area contributed by atoms with Crippen LogP contribution in [-0.4, -0.2) is 28.2 Å². The SMILES string of the molecule is COc1ccc(C#N)cc1-c1nc(N)nc(OC(C)C)n1. The van der Waals surface area contributed by atoms with E-state index in [1.807, 2.05) is 13.8 Å². The van der Waals surface area contributed by atoms with Gasteiger partial charge in [-0.15, -0.1) is 0 Å². The number of benzene rings is 1. The summed E-state index contributed by atoms with van der Waals surface area (Å²) in [5.41, 5.74) is 6.71. The lowest BCUT2D eigenvalue weighted by Gasteiger charge is -2.11. The molecule has 7 heteroatoms. The molecule has 1 aromatic carbocycles. The second-order valence-electron chi connectivity index (χ2n) is 4.49. The Morgan fingerprint density at radius 2 is 2.00 bits per heavy atom. The van der Waals surface area contributed by atoms with Crippen LogP contribution in [0.15, 0.2) is 18.2 Å². The second kappa shape index (κ2) is 6.05. The molecule has 0 atom stereocenters. The van der Waals surface area contributed by atoms with Gasteiger partial charge in [-0.05, 0) is 32.0 Å². The fourth-order valence-electron chi connectivity index (χ4n) is 1.71. The maximum atomic E-state index is 9.01. The van der Waals surface area contributed by atoms with Crippen molar-refractivity contribution in [1.82, 2.24) is 15.0 Å². The highest BCUT2D eigenvalue weighted by atomic mass is 16.5. The van der Waals surface area contributed by atoms with Gasteiger partial charge in [0, 0.05) is 0 Å². The van der Waals surface area contributed by atoms with Crippen LogP contribution in [0.1, 0.15) is 19.4 Å². The van der Waals surface area contributed by atoms with Gasteiger partial charge >= 0.3 is 6.01 Å². The van der Waals surface area contributed by atoms with Crippen molar-refractivity contribution in [1.29, 1.82) is 5.26 Å². The number of aromatic nitrogens is 3. The van der Waals surface area contributed by atoms with Gasteiger partial charge in [0.05, 0.1) is 30.4 Å². The van der Waals surface area contributed by atoms with Crippen molar-refractivity contribution in [3.05, 3.63) is 23.8 Å². The first-order chi connectivity index (χ1) is 10.0. The minimum atomic E-state index is -0.0908. The monoisotopic (exact) mass is 285 g/mol. The minimum absolute atomic E-state index is 0.0417. The summed E-state index contributed by atoms with van der Waals surface area (Å²) in [6.45, 7) is 3.72. The number of hydrogen-bond acceptors (Lipinski definition) is 7. The molecule has 0 amide bonds. The lowest BCUT2D eigenvalue weighted by molar-refractivity contribution is 0.222. The minimum Gasteiger partial charge on any atom is -0.496 e. The number of nitriles is 1. The second-order valence-corrected chi connectivity index (χ2v) is 4.49. The molecule has 108 valence electrons. The molecule has 0 bridgehead atoms. The lowest BCUT2D eigenvalue weighted by atomic mass is 10.1. The molecule has 0 saturated heterocycles. The standard InChI is InChI=1S/C14H15N5O2/c1-8(2)21-14-18-12(17-13(16)19-14)10-6-9(7-15)4-5-11(10)20-3/h4-6,8H,1-3H3,(H2,16,17,18,19). The van der Waals surface area contributed by atoms with Gasteiger partial charge in [-0.2, -0.15) is 20.2 Å². The summed E-state index contributed by atoms with van der Waals surface area (Å²) >= 11 is 0. The number of rotatable bonds is 4. The van der Waals surface area contributed by atoms with Crippen LogP contribution in [-0.2, 0) is 0 Å². The highest BCUT2D eigenvalue weighted by molar-refractivity contribution is 5.67. The maximum Gasteiger partial charge on any atom is 0.322 e. The molecule has 0 radical (unpaired) electrons. The van der Waals surface area contributed by atoms with Crippen LogP contribution in [0.5, 0.6) is 11.8 Å². The average molecular weight is 285 g/mol. The Bertz CT molecular complexity index is 694. The van der Waals surface area contributed by atoms with E-state index < -0.39 is 0 Å². The van der Waals surface area contributed by atoms with Gasteiger partial charge < -0.3 is 15.2 Å². The molecule has 2 aromatic rings. The Labute approximate surface area is 122 Å². The van der Waals surface area contributed by atoms with E-state index in [0.29, 0.717) is 22.7 Å². The maximum absolute atomic E-state index is 9.01. The topological polar surface area (TPSA) is 107 Å². The molecule has 0 aliphatic carbocycles. The molecular weight excluding hydrogens is 270 g/mol.